The number of hydrogen-bond acceptors (Lipinski definition) is 4. The van der Waals surface area contributed by atoms with Gasteiger partial charge in [0.2, 0.25) is 0 Å². The van der Waals surface area contributed by atoms with Crippen LogP contribution < -0.4 is 10.1 Å². The molecule has 0 spiro atoms. The molecule has 2 N–H and O–H groups in total. The molecule has 1 aromatic carbocycles. The minimum atomic E-state index is -1.24. The normalized spacial score (nSPS) is 13.4. The van der Waals surface area contributed by atoms with Crippen LogP contribution >= 0.6 is 0 Å². The van der Waals surface area contributed by atoms with E-state index in [1.807, 2.05) is 0 Å². The van der Waals surface area contributed by atoms with Gasteiger partial charge in [0.05, 0.1) is 6.54 Å². The zero-order chi connectivity index (χ0) is 17.0. The summed E-state index contributed by atoms with van der Waals surface area (Å²) in [5.74, 6) is 0.957. The Morgan fingerprint density at radius 3 is 2.57 bits per heavy atom. The maximum atomic E-state index is 12.8. The van der Waals surface area contributed by atoms with Gasteiger partial charge in [0.1, 0.15) is 28.7 Å². The average molecular weight is 321 g/mol. The number of hydrogen-bond donors (Lipinski definition) is 2. The van der Waals surface area contributed by atoms with Crippen molar-refractivity contribution in [2.75, 3.05) is 13.2 Å². The molecule has 1 heterocycles. The van der Waals surface area contributed by atoms with Crippen molar-refractivity contribution in [3.63, 3.8) is 0 Å². The lowest BCUT2D eigenvalue weighted by molar-refractivity contribution is -0.124. The first-order valence-electron chi connectivity index (χ1n) is 7.23. The van der Waals surface area contributed by atoms with Gasteiger partial charge in [-0.3, -0.25) is 4.79 Å². The molecule has 1 atom stereocenters. The van der Waals surface area contributed by atoms with Crippen molar-refractivity contribution in [1.82, 2.24) is 5.32 Å². The molecule has 0 fully saturated rings. The van der Waals surface area contributed by atoms with Crippen molar-refractivity contribution < 1.29 is 23.4 Å². The number of carbonyl (C=O) groups excluding carboxylic acids is 1. The van der Waals surface area contributed by atoms with E-state index in [9.17, 15) is 14.3 Å². The summed E-state index contributed by atoms with van der Waals surface area (Å²) in [5, 5.41) is 13.1. The van der Waals surface area contributed by atoms with Crippen LogP contribution in [-0.4, -0.2) is 24.2 Å². The molecule has 0 aliphatic rings. The summed E-state index contributed by atoms with van der Waals surface area (Å²) in [7, 11) is 0. The number of carbonyl (C=O) groups is 1. The van der Waals surface area contributed by atoms with Crippen LogP contribution in [0.1, 0.15) is 24.0 Å². The van der Waals surface area contributed by atoms with Gasteiger partial charge in [-0.05, 0) is 51.1 Å². The van der Waals surface area contributed by atoms with Gasteiger partial charge in [0, 0.05) is 5.56 Å². The van der Waals surface area contributed by atoms with E-state index in [0.717, 1.165) is 0 Å². The van der Waals surface area contributed by atoms with Crippen molar-refractivity contribution in [2.24, 2.45) is 0 Å². The van der Waals surface area contributed by atoms with Crippen LogP contribution in [0.15, 0.2) is 34.7 Å². The summed E-state index contributed by atoms with van der Waals surface area (Å²) >= 11 is 0. The lowest BCUT2D eigenvalue weighted by atomic mass is 9.96. The summed E-state index contributed by atoms with van der Waals surface area (Å²) in [6.07, 6.45) is 0. The number of aryl methyl sites for hydroxylation is 2. The summed E-state index contributed by atoms with van der Waals surface area (Å²) in [5.41, 5.74) is -0.609. The Balaban J connectivity index is 1.86. The third kappa shape index (κ3) is 4.56. The molecule has 1 unspecified atom stereocenters. The summed E-state index contributed by atoms with van der Waals surface area (Å²) in [6.45, 7) is 4.97. The molecule has 0 bridgehead atoms. The SMILES string of the molecule is Cc1cc(C(C)(O)CNC(=O)COc2ccc(F)cc2)c(C)o1. The fourth-order valence-electron chi connectivity index (χ4n) is 2.26. The third-order valence-electron chi connectivity index (χ3n) is 3.43. The monoisotopic (exact) mass is 321 g/mol. The van der Waals surface area contributed by atoms with Crippen LogP contribution in [0, 0.1) is 19.7 Å². The van der Waals surface area contributed by atoms with E-state index in [2.05, 4.69) is 5.32 Å². The van der Waals surface area contributed by atoms with E-state index >= 15 is 0 Å². The van der Waals surface area contributed by atoms with Crippen LogP contribution in [0.4, 0.5) is 4.39 Å². The number of rotatable bonds is 6. The molecule has 1 amide bonds. The molecule has 2 aromatic rings. The molecule has 5 nitrogen and oxygen atoms in total. The second-order valence-electron chi connectivity index (χ2n) is 5.62. The minimum Gasteiger partial charge on any atom is -0.484 e. The average Bonchev–Trinajstić information content (AvgIpc) is 2.84. The van der Waals surface area contributed by atoms with E-state index in [1.165, 1.54) is 24.3 Å². The molecule has 6 heteroatoms. The Hall–Kier alpha value is -2.34. The van der Waals surface area contributed by atoms with Gasteiger partial charge in [-0.1, -0.05) is 0 Å². The smallest absolute Gasteiger partial charge is 0.258 e. The predicted octanol–water partition coefficient (Wildman–Crippen LogP) is 2.44. The quantitative estimate of drug-likeness (QED) is 0.857. The standard InChI is InChI=1S/C17H20FNO4/c1-11-8-15(12(2)23-11)17(3,21)10-19-16(20)9-22-14-6-4-13(18)5-7-14/h4-8,21H,9-10H2,1-3H3,(H,19,20). The summed E-state index contributed by atoms with van der Waals surface area (Å²) < 4.78 is 23.4. The number of ether oxygens (including phenoxy) is 1. The third-order valence-corrected chi connectivity index (χ3v) is 3.43. The number of nitrogens with one attached hydrogen (secondary N) is 1. The van der Waals surface area contributed by atoms with Gasteiger partial charge in [-0.25, -0.2) is 4.39 Å². The first kappa shape index (κ1) is 17.0. The Morgan fingerprint density at radius 2 is 2.00 bits per heavy atom. The highest BCUT2D eigenvalue weighted by atomic mass is 19.1. The topological polar surface area (TPSA) is 71.7 Å². The maximum absolute atomic E-state index is 12.8. The first-order chi connectivity index (χ1) is 10.8. The molecule has 23 heavy (non-hydrogen) atoms. The first-order valence-corrected chi connectivity index (χ1v) is 7.23. The highest BCUT2D eigenvalue weighted by Crippen LogP contribution is 2.26. The van der Waals surface area contributed by atoms with Crippen LogP contribution in [0.3, 0.4) is 0 Å². The molecular weight excluding hydrogens is 301 g/mol. The number of halogens is 1. The number of amides is 1. The van der Waals surface area contributed by atoms with Crippen molar-refractivity contribution in [2.45, 2.75) is 26.4 Å². The van der Waals surface area contributed by atoms with Gasteiger partial charge >= 0.3 is 0 Å². The molecule has 0 saturated heterocycles. The van der Waals surface area contributed by atoms with Gasteiger partial charge in [-0.15, -0.1) is 0 Å². The van der Waals surface area contributed by atoms with E-state index < -0.39 is 5.60 Å². The lowest BCUT2D eigenvalue weighted by Crippen LogP contribution is -2.40. The fourth-order valence-corrected chi connectivity index (χ4v) is 2.26. The molecule has 0 aliphatic carbocycles. The van der Waals surface area contributed by atoms with Crippen molar-refractivity contribution in [3.8, 4) is 5.75 Å². The highest BCUT2D eigenvalue weighted by Gasteiger charge is 2.28. The maximum Gasteiger partial charge on any atom is 0.258 e. The molecule has 0 radical (unpaired) electrons. The van der Waals surface area contributed by atoms with Gasteiger partial charge in [0.15, 0.2) is 6.61 Å². The summed E-state index contributed by atoms with van der Waals surface area (Å²) in [4.78, 5) is 11.8. The zero-order valence-corrected chi connectivity index (χ0v) is 13.4. The van der Waals surface area contributed by atoms with E-state index in [1.54, 1.807) is 26.8 Å². The highest BCUT2D eigenvalue weighted by molar-refractivity contribution is 5.77. The molecule has 2 rings (SSSR count). The van der Waals surface area contributed by atoms with E-state index in [-0.39, 0.29) is 24.9 Å². The molecule has 0 saturated carbocycles. The van der Waals surface area contributed by atoms with Gasteiger partial charge in [0.25, 0.3) is 5.91 Å². The second-order valence-corrected chi connectivity index (χ2v) is 5.62. The molecule has 1 aromatic heterocycles. The molecular formula is C17H20FNO4. The summed E-state index contributed by atoms with van der Waals surface area (Å²) in [6, 6.07) is 7.13. The number of aliphatic hydroxyl groups is 1. The Kier molecular flexibility index (Phi) is 5.05. The van der Waals surface area contributed by atoms with Crippen LogP contribution in [0.25, 0.3) is 0 Å². The van der Waals surface area contributed by atoms with Crippen molar-refractivity contribution in [3.05, 3.63) is 53.2 Å². The van der Waals surface area contributed by atoms with Crippen LogP contribution in [0.2, 0.25) is 0 Å². The minimum absolute atomic E-state index is 0.0262. The van der Waals surface area contributed by atoms with Gasteiger partial charge in [-0.2, -0.15) is 0 Å². The number of furan rings is 1. The second kappa shape index (κ2) is 6.83. The predicted molar refractivity (Wildman–Crippen MR) is 82.7 cm³/mol. The van der Waals surface area contributed by atoms with Gasteiger partial charge < -0.3 is 19.6 Å². The van der Waals surface area contributed by atoms with Crippen LogP contribution in [0.5, 0.6) is 5.75 Å². The molecule has 0 aliphatic heterocycles. The van der Waals surface area contributed by atoms with E-state index in [0.29, 0.717) is 22.8 Å². The lowest BCUT2D eigenvalue weighted by Gasteiger charge is -2.23. The molecule has 124 valence electrons. The Morgan fingerprint density at radius 1 is 1.35 bits per heavy atom. The van der Waals surface area contributed by atoms with Crippen molar-refractivity contribution in [1.29, 1.82) is 0 Å². The largest absolute Gasteiger partial charge is 0.484 e. The number of benzene rings is 1. The Labute approximate surface area is 134 Å². The van der Waals surface area contributed by atoms with Crippen molar-refractivity contribution >= 4 is 5.91 Å². The zero-order valence-electron chi connectivity index (χ0n) is 13.4. The Bertz CT molecular complexity index is 676. The van der Waals surface area contributed by atoms with Crippen LogP contribution in [-0.2, 0) is 10.4 Å². The van der Waals surface area contributed by atoms with E-state index in [4.69, 9.17) is 9.15 Å². The fraction of sp³-hybridized carbons (Fsp3) is 0.353.